The number of aromatic nitrogens is 4. The van der Waals surface area contributed by atoms with Crippen LogP contribution in [0, 0.1) is 0 Å². The Bertz CT molecular complexity index is 1190. The third-order valence-electron chi connectivity index (χ3n) is 5.48. The third kappa shape index (κ3) is 7.25. The van der Waals surface area contributed by atoms with Crippen LogP contribution in [0.15, 0.2) is 14.7 Å². The third-order valence-corrected chi connectivity index (χ3v) is 7.36. The summed E-state index contributed by atoms with van der Waals surface area (Å²) in [6.07, 6.45) is 0.0833. The van der Waals surface area contributed by atoms with Crippen molar-refractivity contribution in [2.24, 2.45) is 14.1 Å². The Morgan fingerprint density at radius 2 is 1.89 bits per heavy atom. The molecule has 15 heteroatoms. The lowest BCUT2D eigenvalue weighted by atomic mass is 10.2. The number of hydrogen-bond acceptors (Lipinski definition) is 9. The highest BCUT2D eigenvalue weighted by Gasteiger charge is 2.29. The van der Waals surface area contributed by atoms with Gasteiger partial charge >= 0.3 is 11.7 Å². The molecule has 35 heavy (non-hydrogen) atoms. The fraction of sp³-hybridized carbons (Fsp3) is 0.650. The van der Waals surface area contributed by atoms with E-state index in [1.54, 1.807) is 11.9 Å². The van der Waals surface area contributed by atoms with Gasteiger partial charge in [0.2, 0.25) is 5.91 Å². The summed E-state index contributed by atoms with van der Waals surface area (Å²) in [4.78, 5) is 58.4. The van der Waals surface area contributed by atoms with E-state index in [0.29, 0.717) is 37.1 Å². The van der Waals surface area contributed by atoms with E-state index >= 15 is 0 Å². The summed E-state index contributed by atoms with van der Waals surface area (Å²) in [5.74, 6) is -0.741. The Hall–Kier alpha value is -2.49. The molecule has 3 N–H and O–H groups in total. The molecular weight excluding hydrogens is 498 g/mol. The lowest BCUT2D eigenvalue weighted by Gasteiger charge is -2.37. The van der Waals surface area contributed by atoms with Gasteiger partial charge in [0.25, 0.3) is 5.56 Å². The number of H-pyrrole nitrogens is 1. The minimum absolute atomic E-state index is 0.0833. The molecule has 1 saturated heterocycles. The molecule has 1 aliphatic rings. The number of nitrogens with one attached hydrogen (secondary N) is 2. The summed E-state index contributed by atoms with van der Waals surface area (Å²) in [6, 6.07) is -0.598. The van der Waals surface area contributed by atoms with Gasteiger partial charge in [0, 0.05) is 52.4 Å². The van der Waals surface area contributed by atoms with Crippen molar-refractivity contribution < 1.29 is 18.9 Å². The smallest absolute Gasteiger partial charge is 0.332 e. The first-order chi connectivity index (χ1) is 16.6. The highest BCUT2D eigenvalue weighted by atomic mass is 32.2. The summed E-state index contributed by atoms with van der Waals surface area (Å²) < 4.78 is 16.9. The molecule has 1 amide bonds. The van der Waals surface area contributed by atoms with E-state index < -0.39 is 34.2 Å². The number of thioether (sulfide) groups is 1. The number of amides is 1. The molecule has 1 aliphatic heterocycles. The average molecular weight is 532 g/mol. The van der Waals surface area contributed by atoms with Gasteiger partial charge in [-0.25, -0.2) is 14.0 Å². The largest absolute Gasteiger partial charge is 0.480 e. The Kier molecular flexibility index (Phi) is 10.7. The van der Waals surface area contributed by atoms with Crippen LogP contribution in [0.25, 0.3) is 11.2 Å². The molecular formula is C20H33N7O6S2. The first kappa shape index (κ1) is 28.7. The zero-order valence-corrected chi connectivity index (χ0v) is 22.2. The van der Waals surface area contributed by atoms with Gasteiger partial charge < -0.3 is 10.1 Å². The Balaban J connectivity index is 0.00000210. The van der Waals surface area contributed by atoms with Gasteiger partial charge in [0.1, 0.15) is 17.0 Å². The van der Waals surface area contributed by atoms with Crippen LogP contribution in [-0.4, -0.2) is 101 Å². The fourth-order valence-electron chi connectivity index (χ4n) is 3.45. The average Bonchev–Trinajstić information content (AvgIpc) is 3.26. The van der Waals surface area contributed by atoms with Gasteiger partial charge in [-0.05, 0) is 7.05 Å². The number of carbonyl (C=O) groups is 2. The number of hydrogen-bond donors (Lipinski definition) is 3. The fourth-order valence-corrected chi connectivity index (χ4v) is 5.14. The molecule has 2 unspecified atom stereocenters. The number of aryl methyl sites for hydroxylation is 1. The SMILES string of the molecule is CC.CN1CCN(CCS(=O)NC(=O)CCSc2nc3c([nH]2)c(=O)n(C)c(=O)n3C)CC1C(=O)O. The molecule has 196 valence electrons. The van der Waals surface area contributed by atoms with Gasteiger partial charge in [0.05, 0.1) is 5.75 Å². The van der Waals surface area contributed by atoms with Crippen LogP contribution in [-0.2, 0) is 34.7 Å². The van der Waals surface area contributed by atoms with Crippen LogP contribution in [0.5, 0.6) is 0 Å². The molecule has 0 aromatic carbocycles. The number of imidazole rings is 1. The van der Waals surface area contributed by atoms with E-state index in [2.05, 4.69) is 14.7 Å². The van der Waals surface area contributed by atoms with Crippen molar-refractivity contribution in [3.05, 3.63) is 20.8 Å². The molecule has 0 bridgehead atoms. The highest BCUT2D eigenvalue weighted by Crippen LogP contribution is 2.17. The molecule has 0 radical (unpaired) electrons. The van der Waals surface area contributed by atoms with Crippen molar-refractivity contribution in [3.8, 4) is 0 Å². The van der Waals surface area contributed by atoms with Crippen LogP contribution in [0.4, 0.5) is 0 Å². The number of aromatic amines is 1. The van der Waals surface area contributed by atoms with Crippen molar-refractivity contribution in [1.82, 2.24) is 33.6 Å². The maximum Gasteiger partial charge on any atom is 0.332 e. The monoisotopic (exact) mass is 531 g/mol. The van der Waals surface area contributed by atoms with E-state index in [1.165, 1.54) is 30.4 Å². The zero-order valence-electron chi connectivity index (χ0n) is 20.6. The lowest BCUT2D eigenvalue weighted by molar-refractivity contribution is -0.145. The quantitative estimate of drug-likeness (QED) is 0.340. The first-order valence-electron chi connectivity index (χ1n) is 11.2. The van der Waals surface area contributed by atoms with Crippen LogP contribution in [0.3, 0.4) is 0 Å². The van der Waals surface area contributed by atoms with Gasteiger partial charge in [-0.2, -0.15) is 0 Å². The number of carboxylic acid groups (broad SMARTS) is 1. The number of fused-ring (bicyclic) bond motifs is 1. The zero-order chi connectivity index (χ0) is 26.3. The van der Waals surface area contributed by atoms with Crippen molar-refractivity contribution in [2.75, 3.05) is 44.7 Å². The standard InChI is InChI=1S/C18H27N7O6S2.C2H6/c1-22-5-6-25(10-11(22)16(28)29)7-9-33(31)21-12(26)4-8-32-17-19-13-14(20-17)23(2)18(30)24(3)15(13)27;1-2/h11H,4-10H2,1-3H3,(H,19,20)(H,21,26)(H,28,29);1-2H3. The van der Waals surface area contributed by atoms with E-state index in [-0.39, 0.29) is 29.2 Å². The highest BCUT2D eigenvalue weighted by molar-refractivity contribution is 7.99. The molecule has 1 fully saturated rings. The second kappa shape index (κ2) is 13.0. The molecule has 2 atom stereocenters. The summed E-state index contributed by atoms with van der Waals surface area (Å²) in [7, 11) is 3.10. The predicted molar refractivity (Wildman–Crippen MR) is 135 cm³/mol. The number of rotatable bonds is 9. The van der Waals surface area contributed by atoms with Crippen molar-refractivity contribution >= 4 is 45.8 Å². The molecule has 0 aliphatic carbocycles. The van der Waals surface area contributed by atoms with Crippen LogP contribution >= 0.6 is 11.8 Å². The van der Waals surface area contributed by atoms with Gasteiger partial charge in [0.15, 0.2) is 16.3 Å². The molecule has 3 rings (SSSR count). The Morgan fingerprint density at radius 1 is 1.20 bits per heavy atom. The van der Waals surface area contributed by atoms with Gasteiger partial charge in [-0.15, -0.1) is 0 Å². The number of piperazine rings is 1. The molecule has 0 saturated carbocycles. The lowest BCUT2D eigenvalue weighted by Crippen LogP contribution is -2.55. The van der Waals surface area contributed by atoms with Crippen molar-refractivity contribution in [3.63, 3.8) is 0 Å². The minimum Gasteiger partial charge on any atom is -0.480 e. The van der Waals surface area contributed by atoms with Crippen LogP contribution in [0.1, 0.15) is 20.3 Å². The minimum atomic E-state index is -1.57. The number of aliphatic carboxylic acids is 1. The molecule has 3 heterocycles. The van der Waals surface area contributed by atoms with E-state index in [1.807, 2.05) is 18.7 Å². The van der Waals surface area contributed by atoms with Crippen LogP contribution < -0.4 is 16.0 Å². The maximum atomic E-state index is 12.2. The van der Waals surface area contributed by atoms with Gasteiger partial charge in [-0.1, -0.05) is 25.6 Å². The summed E-state index contributed by atoms with van der Waals surface area (Å²) in [5.41, 5.74) is -0.505. The van der Waals surface area contributed by atoms with Crippen LogP contribution in [0.2, 0.25) is 0 Å². The topological polar surface area (TPSA) is 163 Å². The van der Waals surface area contributed by atoms with E-state index in [9.17, 15) is 28.5 Å². The summed E-state index contributed by atoms with van der Waals surface area (Å²) in [5, 5.41) is 9.66. The molecule has 0 spiro atoms. The second-order valence-corrected chi connectivity index (χ2v) is 10.1. The maximum absolute atomic E-state index is 12.2. The summed E-state index contributed by atoms with van der Waals surface area (Å²) in [6.45, 7) is 6.05. The van der Waals surface area contributed by atoms with E-state index in [4.69, 9.17) is 0 Å². The number of nitrogens with zero attached hydrogens (tertiary/aromatic N) is 5. The normalized spacial score (nSPS) is 17.6. The summed E-state index contributed by atoms with van der Waals surface area (Å²) >= 11 is 1.21. The van der Waals surface area contributed by atoms with Gasteiger partial charge in [-0.3, -0.25) is 38.0 Å². The molecule has 2 aromatic rings. The Morgan fingerprint density at radius 3 is 2.54 bits per heavy atom. The first-order valence-corrected chi connectivity index (χ1v) is 13.5. The second-order valence-electron chi connectivity index (χ2n) is 7.75. The van der Waals surface area contributed by atoms with E-state index in [0.717, 1.165) is 4.57 Å². The molecule has 13 nitrogen and oxygen atoms in total. The number of carbonyl (C=O) groups excluding carboxylic acids is 1. The molecule has 2 aromatic heterocycles. The van der Waals surface area contributed by atoms with Crippen molar-refractivity contribution in [1.29, 1.82) is 0 Å². The van der Waals surface area contributed by atoms with Crippen molar-refractivity contribution in [2.45, 2.75) is 31.5 Å². The number of carboxylic acids is 1. The number of likely N-dealkylation sites (N-methyl/N-ethyl adjacent to an activating group) is 1. The predicted octanol–water partition coefficient (Wildman–Crippen LogP) is -1.05. The Labute approximate surface area is 209 Å².